The second-order valence-electron chi connectivity index (χ2n) is 3.64. The van der Waals surface area contributed by atoms with Crippen molar-refractivity contribution in [2.24, 2.45) is 5.84 Å². The van der Waals surface area contributed by atoms with Gasteiger partial charge in [0.1, 0.15) is 0 Å². The number of aryl methyl sites for hydroxylation is 2. The Kier molecular flexibility index (Phi) is 3.86. The van der Waals surface area contributed by atoms with Crippen molar-refractivity contribution in [1.29, 1.82) is 0 Å². The first-order chi connectivity index (χ1) is 6.67. The molecule has 0 aromatic heterocycles. The van der Waals surface area contributed by atoms with Crippen LogP contribution in [-0.2, 0) is 6.42 Å². The molecule has 2 nitrogen and oxygen atoms in total. The molecule has 0 heterocycles. The third kappa shape index (κ3) is 2.69. The third-order valence-corrected chi connectivity index (χ3v) is 2.44. The van der Waals surface area contributed by atoms with Gasteiger partial charge in [0.2, 0.25) is 0 Å². The van der Waals surface area contributed by atoms with Crippen LogP contribution in [0.5, 0.6) is 0 Å². The standard InChI is InChI=1S/C12H18N2/c1-4-12(14-13)8-11-7-9(2)5-6-10(11)3/h4-7,12,14H,1,8,13H2,2-3H3. The summed E-state index contributed by atoms with van der Waals surface area (Å²) in [5.74, 6) is 5.40. The van der Waals surface area contributed by atoms with Crippen molar-refractivity contribution in [3.8, 4) is 0 Å². The zero-order chi connectivity index (χ0) is 10.6. The van der Waals surface area contributed by atoms with Crippen molar-refractivity contribution < 1.29 is 0 Å². The lowest BCUT2D eigenvalue weighted by molar-refractivity contribution is 0.616. The topological polar surface area (TPSA) is 38.0 Å². The van der Waals surface area contributed by atoms with Crippen LogP contribution in [0.1, 0.15) is 16.7 Å². The molecule has 1 aromatic rings. The smallest absolute Gasteiger partial charge is 0.0428 e. The van der Waals surface area contributed by atoms with Gasteiger partial charge in [-0.1, -0.05) is 29.8 Å². The molecule has 76 valence electrons. The molecule has 2 heteroatoms. The molecule has 0 radical (unpaired) electrons. The van der Waals surface area contributed by atoms with Gasteiger partial charge in [-0.05, 0) is 31.4 Å². The minimum Gasteiger partial charge on any atom is -0.271 e. The van der Waals surface area contributed by atoms with E-state index < -0.39 is 0 Å². The number of benzene rings is 1. The van der Waals surface area contributed by atoms with Crippen molar-refractivity contribution in [2.45, 2.75) is 26.3 Å². The van der Waals surface area contributed by atoms with E-state index in [-0.39, 0.29) is 6.04 Å². The fourth-order valence-corrected chi connectivity index (χ4v) is 1.47. The lowest BCUT2D eigenvalue weighted by Gasteiger charge is -2.13. The van der Waals surface area contributed by atoms with E-state index in [0.717, 1.165) is 6.42 Å². The van der Waals surface area contributed by atoms with Crippen LogP contribution in [0.15, 0.2) is 30.9 Å². The van der Waals surface area contributed by atoms with Gasteiger partial charge in [-0.3, -0.25) is 11.3 Å². The summed E-state index contributed by atoms with van der Waals surface area (Å²) in [6.07, 6.45) is 2.73. The predicted octanol–water partition coefficient (Wildman–Crippen LogP) is 1.86. The van der Waals surface area contributed by atoms with Crippen molar-refractivity contribution in [1.82, 2.24) is 5.43 Å². The van der Waals surface area contributed by atoms with Gasteiger partial charge in [0.25, 0.3) is 0 Å². The van der Waals surface area contributed by atoms with E-state index in [0.29, 0.717) is 0 Å². The normalized spacial score (nSPS) is 12.5. The fourth-order valence-electron chi connectivity index (χ4n) is 1.47. The van der Waals surface area contributed by atoms with Gasteiger partial charge in [-0.2, -0.15) is 0 Å². The second kappa shape index (κ2) is 4.94. The molecule has 1 rings (SSSR count). The Hall–Kier alpha value is -1.12. The van der Waals surface area contributed by atoms with Crippen molar-refractivity contribution in [3.63, 3.8) is 0 Å². The van der Waals surface area contributed by atoms with Crippen LogP contribution in [0.25, 0.3) is 0 Å². The largest absolute Gasteiger partial charge is 0.271 e. The maximum Gasteiger partial charge on any atom is 0.0428 e. The average molecular weight is 190 g/mol. The third-order valence-electron chi connectivity index (χ3n) is 2.44. The summed E-state index contributed by atoms with van der Waals surface area (Å²) < 4.78 is 0. The Bertz CT molecular complexity index is 318. The number of nitrogens with one attached hydrogen (secondary N) is 1. The summed E-state index contributed by atoms with van der Waals surface area (Å²) in [6, 6.07) is 6.61. The van der Waals surface area contributed by atoms with Gasteiger partial charge in [0, 0.05) is 6.04 Å². The Morgan fingerprint density at radius 2 is 2.21 bits per heavy atom. The molecule has 1 unspecified atom stereocenters. The molecule has 0 fully saturated rings. The maximum absolute atomic E-state index is 5.40. The van der Waals surface area contributed by atoms with Crippen molar-refractivity contribution >= 4 is 0 Å². The summed E-state index contributed by atoms with van der Waals surface area (Å²) >= 11 is 0. The molecule has 3 N–H and O–H groups in total. The van der Waals surface area contributed by atoms with Gasteiger partial charge in [-0.15, -0.1) is 6.58 Å². The van der Waals surface area contributed by atoms with E-state index in [4.69, 9.17) is 5.84 Å². The van der Waals surface area contributed by atoms with E-state index in [2.05, 4.69) is 44.1 Å². The van der Waals surface area contributed by atoms with E-state index in [1.165, 1.54) is 16.7 Å². The zero-order valence-corrected chi connectivity index (χ0v) is 8.88. The molecule has 14 heavy (non-hydrogen) atoms. The van der Waals surface area contributed by atoms with E-state index in [1.807, 2.05) is 6.08 Å². The predicted molar refractivity (Wildman–Crippen MR) is 60.9 cm³/mol. The molecule has 0 spiro atoms. The van der Waals surface area contributed by atoms with Crippen LogP contribution in [0.2, 0.25) is 0 Å². The molecule has 0 aliphatic carbocycles. The van der Waals surface area contributed by atoms with Crippen LogP contribution >= 0.6 is 0 Å². The van der Waals surface area contributed by atoms with Gasteiger partial charge in [0.05, 0.1) is 0 Å². The lowest BCUT2D eigenvalue weighted by atomic mass is 9.99. The molecular formula is C12H18N2. The fraction of sp³-hybridized carbons (Fsp3) is 0.333. The highest BCUT2D eigenvalue weighted by molar-refractivity contribution is 5.31. The van der Waals surface area contributed by atoms with E-state index >= 15 is 0 Å². The number of hydrogen-bond donors (Lipinski definition) is 2. The molecule has 1 atom stereocenters. The number of nitrogens with two attached hydrogens (primary N) is 1. The van der Waals surface area contributed by atoms with Gasteiger partial charge in [0.15, 0.2) is 0 Å². The van der Waals surface area contributed by atoms with Crippen LogP contribution in [0.3, 0.4) is 0 Å². The van der Waals surface area contributed by atoms with Crippen molar-refractivity contribution in [3.05, 3.63) is 47.5 Å². The van der Waals surface area contributed by atoms with Gasteiger partial charge >= 0.3 is 0 Å². The Morgan fingerprint density at radius 1 is 1.50 bits per heavy atom. The molecule has 0 saturated heterocycles. The first-order valence-corrected chi connectivity index (χ1v) is 4.82. The Morgan fingerprint density at radius 3 is 2.79 bits per heavy atom. The summed E-state index contributed by atoms with van der Waals surface area (Å²) in [6.45, 7) is 7.95. The van der Waals surface area contributed by atoms with Crippen LogP contribution in [0.4, 0.5) is 0 Å². The monoisotopic (exact) mass is 190 g/mol. The molecule has 1 aromatic carbocycles. The minimum atomic E-state index is 0.149. The molecule has 0 amide bonds. The average Bonchev–Trinajstić information content (AvgIpc) is 2.19. The summed E-state index contributed by atoms with van der Waals surface area (Å²) in [5, 5.41) is 0. The first-order valence-electron chi connectivity index (χ1n) is 4.82. The quantitative estimate of drug-likeness (QED) is 0.432. The molecule has 0 aliphatic heterocycles. The highest BCUT2D eigenvalue weighted by Gasteiger charge is 2.05. The highest BCUT2D eigenvalue weighted by Crippen LogP contribution is 2.12. The van der Waals surface area contributed by atoms with Crippen molar-refractivity contribution in [2.75, 3.05) is 0 Å². The molecular weight excluding hydrogens is 172 g/mol. The Labute approximate surface area is 85.8 Å². The maximum atomic E-state index is 5.40. The Balaban J connectivity index is 2.84. The lowest BCUT2D eigenvalue weighted by Crippen LogP contribution is -2.35. The van der Waals surface area contributed by atoms with Crippen LogP contribution < -0.4 is 11.3 Å². The summed E-state index contributed by atoms with van der Waals surface area (Å²) in [4.78, 5) is 0. The number of rotatable bonds is 4. The van der Waals surface area contributed by atoms with Gasteiger partial charge < -0.3 is 0 Å². The van der Waals surface area contributed by atoms with Gasteiger partial charge in [-0.25, -0.2) is 0 Å². The zero-order valence-electron chi connectivity index (χ0n) is 8.88. The first kappa shape index (κ1) is 11.0. The van der Waals surface area contributed by atoms with E-state index in [9.17, 15) is 0 Å². The highest BCUT2D eigenvalue weighted by atomic mass is 15.2. The number of hydrogen-bond acceptors (Lipinski definition) is 2. The SMILES string of the molecule is C=CC(Cc1cc(C)ccc1C)NN. The van der Waals surface area contributed by atoms with E-state index in [1.54, 1.807) is 0 Å². The molecule has 0 saturated carbocycles. The second-order valence-corrected chi connectivity index (χ2v) is 3.64. The summed E-state index contributed by atoms with van der Waals surface area (Å²) in [5.41, 5.74) is 6.64. The van der Waals surface area contributed by atoms with Crippen LogP contribution in [0, 0.1) is 13.8 Å². The van der Waals surface area contributed by atoms with Crippen LogP contribution in [-0.4, -0.2) is 6.04 Å². The minimum absolute atomic E-state index is 0.149. The number of hydrazine groups is 1. The summed E-state index contributed by atoms with van der Waals surface area (Å²) in [7, 11) is 0. The molecule has 0 aliphatic rings. The molecule has 0 bridgehead atoms.